The molecule has 1 aromatic heterocycles. The van der Waals surface area contributed by atoms with Gasteiger partial charge in [0.25, 0.3) is 0 Å². The molecule has 3 aromatic carbocycles. The fraction of sp³-hybridized carbons (Fsp3) is 0. The summed E-state index contributed by atoms with van der Waals surface area (Å²) in [7, 11) is 0. The second kappa shape index (κ2) is 8.79. The minimum Gasteiger partial charge on any atom is -0.616 e. The first-order valence-corrected chi connectivity index (χ1v) is 10.2. The van der Waals surface area contributed by atoms with Gasteiger partial charge in [0.15, 0.2) is 0 Å². The van der Waals surface area contributed by atoms with Gasteiger partial charge in [-0.05, 0) is 46.5 Å². The van der Waals surface area contributed by atoms with Crippen LogP contribution in [0.5, 0.6) is 11.5 Å². The normalized spacial score (nSPS) is 10.3. The van der Waals surface area contributed by atoms with Crippen molar-refractivity contribution >= 4 is 38.9 Å². The predicted octanol–water partition coefficient (Wildman–Crippen LogP) is 6.18. The molecule has 4 aromatic rings. The number of para-hydroxylation sites is 1. The zero-order valence-corrected chi connectivity index (χ0v) is 17.1. The summed E-state index contributed by atoms with van der Waals surface area (Å²) < 4.78 is 11.8. The van der Waals surface area contributed by atoms with Crippen molar-refractivity contribution in [1.82, 2.24) is 4.98 Å². The molecule has 0 amide bonds. The van der Waals surface area contributed by atoms with E-state index in [1.54, 1.807) is 6.20 Å². The van der Waals surface area contributed by atoms with Crippen molar-refractivity contribution in [2.45, 2.75) is 0 Å². The van der Waals surface area contributed by atoms with Gasteiger partial charge in [0.2, 0.25) is 0 Å². The lowest BCUT2D eigenvalue weighted by molar-refractivity contribution is 0.461. The highest BCUT2D eigenvalue weighted by molar-refractivity contribution is 6.21. The molecular formula is C25H19AlNO2. The lowest BCUT2D eigenvalue weighted by Crippen LogP contribution is -2.11. The van der Waals surface area contributed by atoms with Gasteiger partial charge in [0.05, 0.1) is 5.75 Å². The number of hydrogen-bond acceptors (Lipinski definition) is 3. The lowest BCUT2D eigenvalue weighted by Gasteiger charge is -2.14. The molecule has 0 fully saturated rings. The van der Waals surface area contributed by atoms with Crippen molar-refractivity contribution in [1.29, 1.82) is 0 Å². The van der Waals surface area contributed by atoms with Crippen LogP contribution in [0.15, 0.2) is 92.2 Å². The quantitative estimate of drug-likeness (QED) is 0.352. The molecule has 0 saturated carbocycles. The standard InChI is InChI=1S/C16H14O.C9H7NO.Al/c1-3-12-7-5-6-8-15(12)16-10-9-14(17)11-13(16)4-2;11-8-5-1-3-7-4-2-6-10-9(7)8;/h3-11,17H,1-2H2;1-6,11H;/q;;+2/p-2. The zero-order valence-electron chi connectivity index (χ0n) is 15.9. The molecule has 0 aliphatic rings. The highest BCUT2D eigenvalue weighted by Gasteiger charge is 2.12. The van der Waals surface area contributed by atoms with E-state index in [0.29, 0.717) is 0 Å². The van der Waals surface area contributed by atoms with E-state index < -0.39 is 15.9 Å². The number of rotatable bonds is 7. The third-order valence-electron chi connectivity index (χ3n) is 4.67. The maximum absolute atomic E-state index is 5.91. The molecule has 0 saturated heterocycles. The van der Waals surface area contributed by atoms with Crippen molar-refractivity contribution < 1.29 is 7.58 Å². The Labute approximate surface area is 177 Å². The van der Waals surface area contributed by atoms with Crippen molar-refractivity contribution in [3.63, 3.8) is 0 Å². The van der Waals surface area contributed by atoms with Gasteiger partial charge in [-0.25, -0.2) is 0 Å². The first-order chi connectivity index (χ1) is 14.3. The van der Waals surface area contributed by atoms with Crippen molar-refractivity contribution in [3.8, 4) is 22.6 Å². The van der Waals surface area contributed by atoms with E-state index in [1.807, 2.05) is 72.8 Å². The minimum absolute atomic E-state index is 0.728. The van der Waals surface area contributed by atoms with Crippen LogP contribution in [0.2, 0.25) is 0 Å². The molecule has 0 aliphatic heterocycles. The van der Waals surface area contributed by atoms with Crippen LogP contribution in [-0.2, 0) is 0 Å². The average Bonchev–Trinajstić information content (AvgIpc) is 2.79. The van der Waals surface area contributed by atoms with E-state index in [4.69, 9.17) is 7.58 Å². The van der Waals surface area contributed by atoms with Crippen LogP contribution in [0.4, 0.5) is 0 Å². The van der Waals surface area contributed by atoms with Crippen LogP contribution in [0, 0.1) is 0 Å². The number of pyridine rings is 1. The van der Waals surface area contributed by atoms with E-state index in [0.717, 1.165) is 44.7 Å². The molecule has 0 aliphatic carbocycles. The smallest absolute Gasteiger partial charge is 0.616 e. The molecule has 29 heavy (non-hydrogen) atoms. The Kier molecular flexibility index (Phi) is 5.77. The summed E-state index contributed by atoms with van der Waals surface area (Å²) in [6.07, 6.45) is 5.47. The molecule has 4 rings (SSSR count). The molecule has 1 heterocycles. The Bertz CT molecular complexity index is 1180. The summed E-state index contributed by atoms with van der Waals surface area (Å²) in [5, 5.41) is 1.04. The molecule has 3 nitrogen and oxygen atoms in total. The van der Waals surface area contributed by atoms with Gasteiger partial charge in [-0.1, -0.05) is 73.8 Å². The molecule has 139 valence electrons. The summed E-state index contributed by atoms with van der Waals surface area (Å²) in [6, 6.07) is 24.0. The van der Waals surface area contributed by atoms with Crippen molar-refractivity contribution in [3.05, 3.63) is 103 Å². The van der Waals surface area contributed by atoms with E-state index >= 15 is 0 Å². The summed E-state index contributed by atoms with van der Waals surface area (Å²) in [5.74, 6) is 1.49. The topological polar surface area (TPSA) is 31.4 Å². The molecule has 4 heteroatoms. The minimum atomic E-state index is -0.728. The summed E-state index contributed by atoms with van der Waals surface area (Å²) >= 11 is -0.728. The second-order valence-corrected chi connectivity index (χ2v) is 7.07. The van der Waals surface area contributed by atoms with Crippen LogP contribution in [-0.4, -0.2) is 20.9 Å². The van der Waals surface area contributed by atoms with E-state index in [9.17, 15) is 0 Å². The first-order valence-electron chi connectivity index (χ1n) is 9.27. The third kappa shape index (κ3) is 4.10. The number of nitrogens with zero attached hydrogens (tertiary/aromatic N) is 1. The van der Waals surface area contributed by atoms with Crippen LogP contribution >= 0.6 is 0 Å². The molecule has 0 atom stereocenters. The largest absolute Gasteiger partial charge is 0.881 e. The summed E-state index contributed by atoms with van der Waals surface area (Å²) in [4.78, 5) is 4.41. The summed E-state index contributed by atoms with van der Waals surface area (Å²) in [5.41, 5.74) is 5.14. The van der Waals surface area contributed by atoms with Gasteiger partial charge in [0, 0.05) is 11.6 Å². The van der Waals surface area contributed by atoms with Gasteiger partial charge in [-0.15, -0.1) is 0 Å². The van der Waals surface area contributed by atoms with Crippen molar-refractivity contribution in [2.24, 2.45) is 0 Å². The van der Waals surface area contributed by atoms with Gasteiger partial charge in [-0.3, -0.25) is 4.98 Å². The van der Waals surface area contributed by atoms with Crippen LogP contribution < -0.4 is 7.58 Å². The van der Waals surface area contributed by atoms with Crippen molar-refractivity contribution in [2.75, 3.05) is 0 Å². The average molecular weight is 392 g/mol. The molecular weight excluding hydrogens is 373 g/mol. The highest BCUT2D eigenvalue weighted by atomic mass is 27.2. The van der Waals surface area contributed by atoms with Gasteiger partial charge >= 0.3 is 15.9 Å². The summed E-state index contributed by atoms with van der Waals surface area (Å²) in [6.45, 7) is 7.87. The SMILES string of the molecule is C=Cc1ccccc1-c1ccc([O][Al][O]c2cccc3cccnc23)cc1C=C. The Morgan fingerprint density at radius 3 is 2.41 bits per heavy atom. The Hall–Kier alpha value is -3.32. The van der Waals surface area contributed by atoms with E-state index in [1.165, 1.54) is 0 Å². The van der Waals surface area contributed by atoms with E-state index in [-0.39, 0.29) is 0 Å². The number of aromatic nitrogens is 1. The zero-order chi connectivity index (χ0) is 20.1. The Morgan fingerprint density at radius 1 is 0.759 bits per heavy atom. The fourth-order valence-electron chi connectivity index (χ4n) is 3.25. The van der Waals surface area contributed by atoms with Gasteiger partial charge in [0.1, 0.15) is 11.3 Å². The monoisotopic (exact) mass is 392 g/mol. The molecule has 0 N–H and O–H groups in total. The van der Waals surface area contributed by atoms with Crippen LogP contribution in [0.25, 0.3) is 34.2 Å². The highest BCUT2D eigenvalue weighted by Crippen LogP contribution is 2.31. The van der Waals surface area contributed by atoms with E-state index in [2.05, 4.69) is 30.3 Å². The van der Waals surface area contributed by atoms with Crippen LogP contribution in [0.3, 0.4) is 0 Å². The van der Waals surface area contributed by atoms with Crippen LogP contribution in [0.1, 0.15) is 11.1 Å². The number of benzene rings is 3. The Morgan fingerprint density at radius 2 is 1.55 bits per heavy atom. The molecule has 1 radical (unpaired) electrons. The number of fused-ring (bicyclic) bond motifs is 1. The second-order valence-electron chi connectivity index (χ2n) is 6.41. The number of hydrogen-bond donors (Lipinski definition) is 0. The lowest BCUT2D eigenvalue weighted by atomic mass is 9.95. The molecule has 0 spiro atoms. The maximum Gasteiger partial charge on any atom is 0.881 e. The maximum atomic E-state index is 5.91. The first kappa shape index (κ1) is 19.0. The third-order valence-corrected chi connectivity index (χ3v) is 5.39. The molecule has 0 bridgehead atoms. The molecule has 0 unspecified atom stereocenters. The Balaban J connectivity index is 1.53. The fourth-order valence-corrected chi connectivity index (χ4v) is 3.85. The van der Waals surface area contributed by atoms with Gasteiger partial charge < -0.3 is 7.58 Å². The van der Waals surface area contributed by atoms with Gasteiger partial charge in [-0.2, -0.15) is 0 Å². The predicted molar refractivity (Wildman–Crippen MR) is 121 cm³/mol.